The van der Waals surface area contributed by atoms with Gasteiger partial charge in [0.25, 0.3) is 6.48 Å². The number of hydrogen-bond donors (Lipinski definition) is 6. The predicted octanol–water partition coefficient (Wildman–Crippen LogP) is 8.82. The highest BCUT2D eigenvalue weighted by atomic mass is 32.4. The average molecular weight is 1310 g/mol. The molecule has 0 saturated carbocycles. The molecule has 478 valence electrons. The maximum absolute atomic E-state index is 14.3. The summed E-state index contributed by atoms with van der Waals surface area (Å²) in [4.78, 5) is 38.9. The molecule has 7 N–H and O–H groups in total. The van der Waals surface area contributed by atoms with Gasteiger partial charge in [-0.3, -0.25) is 18.5 Å². The number of nitrogens with two attached hydrogens (primary N) is 1. The molecule has 4 aromatic heterocycles. The molecule has 0 amide bonds. The van der Waals surface area contributed by atoms with Crippen LogP contribution in [0.25, 0.3) is 33.1 Å². The van der Waals surface area contributed by atoms with Gasteiger partial charge in [0.05, 0.1) is 38.1 Å². The number of anilines is 2. The van der Waals surface area contributed by atoms with Gasteiger partial charge in [0.15, 0.2) is 40.9 Å². The summed E-state index contributed by atoms with van der Waals surface area (Å²) >= 11 is 0. The van der Waals surface area contributed by atoms with Crippen LogP contribution in [-0.4, -0.2) is 142 Å². The van der Waals surface area contributed by atoms with Crippen molar-refractivity contribution in [2.75, 3.05) is 25.3 Å². The Hall–Kier alpha value is -6.75. The summed E-state index contributed by atoms with van der Waals surface area (Å²) in [5.41, 5.74) is 9.67. The highest BCUT2D eigenvalue weighted by Crippen LogP contribution is 2.50. The zero-order chi connectivity index (χ0) is 63.1. The normalized spacial score (nSPS) is 22.9. The largest absolute Gasteiger partial charge is 0.497 e. The summed E-state index contributed by atoms with van der Waals surface area (Å²) in [5.74, 6) is 1.00. The van der Waals surface area contributed by atoms with E-state index in [2.05, 4.69) is 84.6 Å². The molecule has 7 heterocycles. The first-order valence-electron chi connectivity index (χ1n) is 28.4. The number of aliphatic hydroxyl groups is 3. The van der Waals surface area contributed by atoms with E-state index >= 15 is 0 Å². The first-order valence-corrected chi connectivity index (χ1v) is 34.5. The zero-order valence-electron chi connectivity index (χ0n) is 49.5. The number of aliphatic hydroxyl groups excluding tert-OH is 3. The van der Waals surface area contributed by atoms with E-state index in [0.717, 1.165) is 35.8 Å². The van der Waals surface area contributed by atoms with Gasteiger partial charge in [-0.15, -0.1) is 17.9 Å². The minimum atomic E-state index is -4.36. The molecule has 3 aliphatic rings. The summed E-state index contributed by atoms with van der Waals surface area (Å²) in [7, 11) is 4.86. The molecule has 5 aromatic carbocycles. The van der Waals surface area contributed by atoms with Crippen LogP contribution in [0.1, 0.15) is 71.2 Å². The lowest BCUT2D eigenvalue weighted by molar-refractivity contribution is -0.259. The minimum Gasteiger partial charge on any atom is -0.497 e. The zero-order valence-corrected chi connectivity index (χ0v) is 53.7. The second kappa shape index (κ2) is 29.7. The van der Waals surface area contributed by atoms with E-state index in [0.29, 0.717) is 27.9 Å². The number of carbonyl (C=O) groups excluding carboxylic acids is 1. The van der Waals surface area contributed by atoms with E-state index in [9.17, 15) is 24.7 Å². The number of nitrogens with zero attached hydrogens (tertiary/aromatic N) is 8. The number of nitrogen functional groups attached to an aromatic ring is 1. The average Bonchev–Trinajstić information content (AvgIpc) is 1.34. The molecule has 15 atom stereocenters. The van der Waals surface area contributed by atoms with Crippen molar-refractivity contribution < 1.29 is 66.9 Å². The third-order valence-corrected chi connectivity index (χ3v) is 16.8. The first kappa shape index (κ1) is 67.6. The molecule has 0 aliphatic carbocycles. The number of carbonyl (C=O) groups is 1. The fourth-order valence-corrected chi connectivity index (χ4v) is 12.7. The number of methoxy groups -OCH3 is 2. The first-order chi connectivity index (χ1) is 42.9. The number of aromatic nitrogens is 8. The molecule has 29 heteroatoms. The highest BCUT2D eigenvalue weighted by Gasteiger charge is 2.56. The Bertz CT molecular complexity index is 3840. The van der Waals surface area contributed by atoms with Gasteiger partial charge in [-0.05, 0) is 74.9 Å². The quantitative estimate of drug-likeness (QED) is 0.0250. The molecule has 0 radical (unpaired) electrons. The van der Waals surface area contributed by atoms with Crippen LogP contribution in [0.5, 0.6) is 11.5 Å². The molecular formula is C61H75N11O14P4. The third-order valence-electron chi connectivity index (χ3n) is 15.0. The van der Waals surface area contributed by atoms with Crippen LogP contribution >= 0.6 is 33.6 Å². The lowest BCUT2D eigenvalue weighted by Gasteiger charge is -2.37. The van der Waals surface area contributed by atoms with Crippen LogP contribution in [0, 0.1) is 0 Å². The summed E-state index contributed by atoms with van der Waals surface area (Å²) in [5, 5.41) is 40.2. The standard InChI is InChI=1S/C33H33N5O6.C27H33N6O8P.CH4.H5P3/c1-20(39)26-27-28(44-32(41-3)43-27)31(42-26)38-19-36-25-29(34-18-35-30(25)38)37-33(21-10-6-4-7-11-21,22-12-8-5-9-13-22)23-14-16-24(40-2)17-15-23;1-14(2)38-27(36)15(3)32-42(37,41-19-11-7-9-17-8-5-6-10-18(17)19)40-16(4)23-21(34)22(35)26(39-23)33-13-31-20-24(28)29-12-30-25(20)33;;1-3-2/h4-20,26-28,31-32,39H,1-3H3,(H,34,35,37);5-16,21-23,26,34-35H,1-4H3,(H,32,37)(H2,28,29,30);1H4;3H,1-2H2/t20-,26+,27+,28+,31+,32?;15-,16-,21-,22+,23+,26+,42?;;/m00../s1. The van der Waals surface area contributed by atoms with Crippen molar-refractivity contribution in [1.82, 2.24) is 44.1 Å². The van der Waals surface area contributed by atoms with E-state index in [1.165, 1.54) is 44.5 Å². The molecule has 4 unspecified atom stereocenters. The number of rotatable bonds is 19. The lowest BCUT2D eigenvalue weighted by atomic mass is 9.77. The molecule has 3 aliphatic heterocycles. The molecule has 3 fully saturated rings. The molecule has 0 bridgehead atoms. The topological polar surface area (TPSA) is 315 Å². The molecule has 25 nitrogen and oxygen atoms in total. The Labute approximate surface area is 526 Å². The molecule has 0 spiro atoms. The van der Waals surface area contributed by atoms with Gasteiger partial charge in [0, 0.05) is 12.5 Å². The van der Waals surface area contributed by atoms with Crippen molar-refractivity contribution in [2.24, 2.45) is 0 Å². The number of benzene rings is 5. The highest BCUT2D eigenvalue weighted by molar-refractivity contribution is 8.33. The van der Waals surface area contributed by atoms with Crippen molar-refractivity contribution in [1.29, 1.82) is 0 Å². The van der Waals surface area contributed by atoms with Crippen LogP contribution < -0.4 is 25.4 Å². The smallest absolute Gasteiger partial charge is 0.459 e. The molecule has 9 aromatic rings. The number of imidazole rings is 2. The molecular weight excluding hydrogens is 1230 g/mol. The van der Waals surface area contributed by atoms with Crippen molar-refractivity contribution in [3.63, 3.8) is 0 Å². The van der Waals surface area contributed by atoms with Gasteiger partial charge < -0.3 is 64.1 Å². The van der Waals surface area contributed by atoms with Crippen LogP contribution in [-0.2, 0) is 47.8 Å². The second-order valence-corrected chi connectivity index (χ2v) is 27.3. The van der Waals surface area contributed by atoms with Crippen molar-refractivity contribution in [2.45, 2.75) is 127 Å². The maximum Gasteiger partial charge on any atom is 0.459 e. The Balaban J connectivity index is 0.000000203. The van der Waals surface area contributed by atoms with E-state index in [1.807, 2.05) is 72.8 Å². The number of esters is 1. The van der Waals surface area contributed by atoms with E-state index in [1.54, 1.807) is 57.0 Å². The Morgan fingerprint density at radius 3 is 1.90 bits per heavy atom. The van der Waals surface area contributed by atoms with Crippen LogP contribution in [0.2, 0.25) is 0 Å². The van der Waals surface area contributed by atoms with Crippen molar-refractivity contribution in [3.8, 4) is 11.5 Å². The van der Waals surface area contributed by atoms with Gasteiger partial charge >= 0.3 is 13.7 Å². The van der Waals surface area contributed by atoms with E-state index in [-0.39, 0.29) is 24.6 Å². The predicted molar refractivity (Wildman–Crippen MR) is 348 cm³/mol. The fourth-order valence-electron chi connectivity index (χ4n) is 11.0. The second-order valence-electron chi connectivity index (χ2n) is 21.3. The summed E-state index contributed by atoms with van der Waals surface area (Å²) in [6, 6.07) is 39.9. The Kier molecular flexibility index (Phi) is 22.3. The van der Waals surface area contributed by atoms with Gasteiger partial charge in [-0.1, -0.05) is 125 Å². The minimum absolute atomic E-state index is 0. The van der Waals surface area contributed by atoms with E-state index in [4.69, 9.17) is 57.9 Å². The van der Waals surface area contributed by atoms with Crippen molar-refractivity contribution >= 4 is 84.3 Å². The fraction of sp³-hybridized carbons (Fsp3) is 0.361. The summed E-state index contributed by atoms with van der Waals surface area (Å²) in [6.45, 7) is 7.17. The Morgan fingerprint density at radius 1 is 0.700 bits per heavy atom. The van der Waals surface area contributed by atoms with Gasteiger partial charge in [0.1, 0.15) is 77.9 Å². The van der Waals surface area contributed by atoms with Crippen molar-refractivity contribution in [3.05, 3.63) is 169 Å². The summed E-state index contributed by atoms with van der Waals surface area (Å²) < 4.78 is 69.6. The van der Waals surface area contributed by atoms with Gasteiger partial charge in [-0.2, -0.15) is 5.09 Å². The summed E-state index contributed by atoms with van der Waals surface area (Å²) in [6.07, 6.45) is -4.10. The van der Waals surface area contributed by atoms with Crippen LogP contribution in [0.4, 0.5) is 11.6 Å². The van der Waals surface area contributed by atoms with Gasteiger partial charge in [-0.25, -0.2) is 34.5 Å². The molecule has 90 heavy (non-hydrogen) atoms. The Morgan fingerprint density at radius 2 is 1.27 bits per heavy atom. The van der Waals surface area contributed by atoms with Crippen LogP contribution in [0.15, 0.2) is 153 Å². The maximum atomic E-state index is 14.3. The monoisotopic (exact) mass is 1310 g/mol. The third kappa shape index (κ3) is 14.2. The SMILES string of the molecule is C.CC(C)OC(=O)[C@H](C)NP(=O)(Oc1cccc2ccccc12)O[C@@H](C)[C@H]1O[C@@H](n2cnc3c(N)ncnc32)[C@H](O)[C@@H]1O.COc1ccc(C(Nc2ncnc3c2ncn3[C@@H]2O[C@H]([C@H](C)O)[C@H]3OC(OC)O[C@H]32)(c2ccccc2)c2ccccc2)cc1.PPP. The molecule has 12 rings (SSSR count). The number of fused-ring (bicyclic) bond motifs is 4. The number of nitrogens with one attached hydrogen (secondary N) is 2. The molecule has 3 saturated heterocycles. The number of ether oxygens (including phenoxy) is 7. The number of hydrogen-bond acceptors (Lipinski definition) is 22. The lowest BCUT2D eigenvalue weighted by Crippen LogP contribution is -2.41. The van der Waals surface area contributed by atoms with E-state index < -0.39 is 99.2 Å². The van der Waals surface area contributed by atoms with Crippen LogP contribution in [0.3, 0.4) is 0 Å². The van der Waals surface area contributed by atoms with Gasteiger partial charge in [0.2, 0.25) is 0 Å².